The van der Waals surface area contributed by atoms with Crippen molar-refractivity contribution in [3.8, 4) is 86.0 Å². The van der Waals surface area contributed by atoms with Gasteiger partial charge in [0, 0.05) is 0 Å². The first-order valence-corrected chi connectivity index (χ1v) is 39.6. The van der Waals surface area contributed by atoms with Crippen LogP contribution in [-0.4, -0.2) is 0 Å². The molecule has 0 saturated carbocycles. The van der Waals surface area contributed by atoms with Crippen LogP contribution in [0.2, 0.25) is 0 Å². The molecule has 10 bridgehead atoms. The molecule has 0 unspecified atom stereocenters. The molecule has 1 aliphatic rings. The van der Waals surface area contributed by atoms with Gasteiger partial charge in [0.15, 0.2) is 0 Å². The smallest absolute Gasteiger partial charge is 0.0998 e. The van der Waals surface area contributed by atoms with E-state index in [1.165, 1.54) is 0 Å². The van der Waals surface area contributed by atoms with Crippen molar-refractivity contribution in [3.63, 3.8) is 0 Å². The highest BCUT2D eigenvalue weighted by atomic mass is 14.4. The Morgan fingerprint density at radius 1 is 0.173 bits per heavy atom. The van der Waals surface area contributed by atoms with Crippen molar-refractivity contribution in [2.75, 3.05) is 0 Å². The molecule has 110 heavy (non-hydrogen) atoms. The van der Waals surface area contributed by atoms with Crippen LogP contribution in [-0.2, 0) is 0 Å². The fraction of sp³-hybridized carbons (Fsp3) is 0.286. The van der Waals surface area contributed by atoms with Crippen LogP contribution in [0.3, 0.4) is 0 Å². The third-order valence-electron chi connectivity index (χ3n) is 21.9. The lowest BCUT2D eigenvalue weighted by Crippen LogP contribution is -2.05. The summed E-state index contributed by atoms with van der Waals surface area (Å²) in [6, 6.07) is 78.4. The molecule has 0 heterocycles. The van der Waals surface area contributed by atoms with Gasteiger partial charge in [-0.2, -0.15) is 26.3 Å². The van der Waals surface area contributed by atoms with Gasteiger partial charge in [-0.25, -0.2) is 0 Å². The van der Waals surface area contributed by atoms with Crippen molar-refractivity contribution in [1.82, 2.24) is 0 Å². The molecule has 0 saturated heterocycles. The Labute approximate surface area is 657 Å². The van der Waals surface area contributed by atoms with Gasteiger partial charge in [-0.15, -0.1) is 0 Å². The standard InChI is InChI=1S/C105H105N5/c1-61(2)81-31-21-26-36-86(81)96-51-71-41-77(57-107)92-48-73(53-98(102(92)67(13)14)88-38-28-23-33-83(88)63(5)6)43-79(59-109)94-50-75(55-100(104(94)69(17)18)90-40-30-25-35-85(90)65(9)10)45-80(60-110)95-49-74(54-99(105(95)70(19)20)89-39-29-24-34-84(89)64(7)8)44-78(58-108)93-47-72(42-76(56-106)91(46-71)101(96)66(11)12)52-97(103(93)68(15)16)87-37-27-22-32-82(87)62(3)4/h21-55,61-70H,1-20H3/b76-42-,77-41-,78-44-,79-43-,80-45-. The Bertz CT molecular complexity index is 4810. The summed E-state index contributed by atoms with van der Waals surface area (Å²) in [7, 11) is 0. The first-order valence-electron chi connectivity index (χ1n) is 39.6. The fourth-order valence-corrected chi connectivity index (χ4v) is 17.0. The molecule has 5 nitrogen and oxygen atoms in total. The molecular weight excluding hydrogens is 1330 g/mol. The highest BCUT2D eigenvalue weighted by molar-refractivity contribution is 6.03. The summed E-state index contributed by atoms with van der Waals surface area (Å²) in [6.07, 6.45) is 10.0. The van der Waals surface area contributed by atoms with Gasteiger partial charge in [-0.1, -0.05) is 260 Å². The van der Waals surface area contributed by atoms with Crippen molar-refractivity contribution in [1.29, 1.82) is 26.3 Å². The second-order valence-electron chi connectivity index (χ2n) is 33.0. The Kier molecular flexibility index (Phi) is 24.4. The van der Waals surface area contributed by atoms with E-state index in [2.05, 4.69) is 351 Å². The molecule has 0 N–H and O–H groups in total. The second kappa shape index (κ2) is 33.9. The van der Waals surface area contributed by atoms with Crippen LogP contribution in [0.5, 0.6) is 0 Å². The number of rotatable bonds is 15. The minimum absolute atomic E-state index is 0.0883. The third kappa shape index (κ3) is 16.1. The maximum atomic E-state index is 12.2. The molecule has 0 aliphatic heterocycles. The molecule has 5 heteroatoms. The van der Waals surface area contributed by atoms with E-state index >= 15 is 0 Å². The number of nitriles is 5. The number of hydrogen-bond acceptors (Lipinski definition) is 5. The molecule has 0 amide bonds. The molecule has 0 atom stereocenters. The molecule has 10 aromatic rings. The average Bonchev–Trinajstić information content (AvgIpc) is 0.811. The van der Waals surface area contributed by atoms with Crippen molar-refractivity contribution in [2.24, 2.45) is 0 Å². The molecule has 0 fully saturated rings. The van der Waals surface area contributed by atoms with Gasteiger partial charge >= 0.3 is 0 Å². The van der Waals surface area contributed by atoms with E-state index in [1.807, 2.05) is 30.4 Å². The van der Waals surface area contributed by atoms with Crippen LogP contribution in [0.1, 0.15) is 309 Å². The summed E-state index contributed by atoms with van der Waals surface area (Å²) in [5.74, 6) is 0.269. The number of benzene rings is 10. The largest absolute Gasteiger partial charge is 0.192 e. The van der Waals surface area contributed by atoms with Crippen LogP contribution in [0.25, 0.3) is 114 Å². The summed E-state index contributed by atoms with van der Waals surface area (Å²) in [5.41, 5.74) is 30.4. The first kappa shape index (κ1) is 79.4. The number of hydrogen-bond donors (Lipinski definition) is 0. The van der Waals surface area contributed by atoms with Gasteiger partial charge < -0.3 is 0 Å². The molecule has 1 aliphatic carbocycles. The van der Waals surface area contributed by atoms with E-state index in [9.17, 15) is 26.3 Å². The van der Waals surface area contributed by atoms with Gasteiger partial charge in [0.2, 0.25) is 0 Å². The van der Waals surface area contributed by atoms with Gasteiger partial charge in [0.1, 0.15) is 0 Å². The minimum Gasteiger partial charge on any atom is -0.192 e. The SMILES string of the molecule is CC(C)c1ccccc1-c1cc2cc(c1C(C)C)/C(C#N)=C\c1cc(c(C(C)C)c(-c3ccccc3C(C)C)c1)/C(C#N)=C\c1cc(c(C(C)C)c(-c3ccccc3C(C)C)c1)/C(C#N)=C\c1cc(c(C(C)C)c(-c3ccccc3C(C)C)c1)/C(C#N)=C\c1cc(c(C(C)C)c(-c3ccccc3C(C)C)c1)/C(C#N)=C\2. The van der Waals surface area contributed by atoms with Crippen LogP contribution in [0, 0.1) is 56.7 Å². The maximum absolute atomic E-state index is 12.2. The average molecular weight is 1440 g/mol. The molecular formula is C105H105N5. The lowest BCUT2D eigenvalue weighted by atomic mass is 9.79. The van der Waals surface area contributed by atoms with Crippen LogP contribution in [0.15, 0.2) is 182 Å². The van der Waals surface area contributed by atoms with Crippen molar-refractivity contribution in [2.45, 2.75) is 198 Å². The first-order chi connectivity index (χ1) is 52.6. The van der Waals surface area contributed by atoms with Crippen LogP contribution >= 0.6 is 0 Å². The van der Waals surface area contributed by atoms with E-state index in [-0.39, 0.29) is 59.2 Å². The fourth-order valence-electron chi connectivity index (χ4n) is 17.0. The molecule has 0 aromatic heterocycles. The van der Waals surface area contributed by atoms with Crippen molar-refractivity contribution < 1.29 is 0 Å². The maximum Gasteiger partial charge on any atom is 0.0998 e. The summed E-state index contributed by atoms with van der Waals surface area (Å²) >= 11 is 0. The molecule has 0 radical (unpaired) electrons. The van der Waals surface area contributed by atoms with E-state index < -0.39 is 0 Å². The second-order valence-corrected chi connectivity index (χ2v) is 33.0. The minimum atomic E-state index is -0.0883. The predicted molar refractivity (Wildman–Crippen MR) is 468 cm³/mol. The van der Waals surface area contributed by atoms with E-state index in [0.717, 1.165) is 167 Å². The van der Waals surface area contributed by atoms with Crippen molar-refractivity contribution in [3.05, 3.63) is 293 Å². The quantitative estimate of drug-likeness (QED) is 0.101. The van der Waals surface area contributed by atoms with Crippen LogP contribution in [0.4, 0.5) is 0 Å². The highest BCUT2D eigenvalue weighted by Gasteiger charge is 2.29. The van der Waals surface area contributed by atoms with Crippen molar-refractivity contribution >= 4 is 58.2 Å². The predicted octanol–water partition coefficient (Wildman–Crippen LogP) is 29.9. The summed E-state index contributed by atoms with van der Waals surface area (Å²) in [5, 5.41) is 61.0. The zero-order valence-electron chi connectivity index (χ0n) is 68.2. The Morgan fingerprint density at radius 2 is 0.309 bits per heavy atom. The lowest BCUT2D eigenvalue weighted by molar-refractivity contribution is 0.854. The Balaban J connectivity index is 1.42. The number of fused-ring (bicyclic) bond motifs is 10. The number of nitrogens with zero attached hydrogens (tertiary/aromatic N) is 5. The molecule has 550 valence electrons. The van der Waals surface area contributed by atoms with E-state index in [0.29, 0.717) is 27.9 Å². The Hall–Kier alpha value is -11.7. The lowest BCUT2D eigenvalue weighted by Gasteiger charge is -2.24. The summed E-state index contributed by atoms with van der Waals surface area (Å²) in [4.78, 5) is 0. The topological polar surface area (TPSA) is 119 Å². The van der Waals surface area contributed by atoms with E-state index in [1.54, 1.807) is 0 Å². The summed E-state index contributed by atoms with van der Waals surface area (Å²) < 4.78 is 0. The summed E-state index contributed by atoms with van der Waals surface area (Å²) in [6.45, 7) is 44.1. The zero-order valence-corrected chi connectivity index (χ0v) is 68.2. The number of allylic oxidation sites excluding steroid dienone is 5. The van der Waals surface area contributed by atoms with E-state index in [4.69, 9.17) is 0 Å². The van der Waals surface area contributed by atoms with Gasteiger partial charge in [-0.05, 0) is 317 Å². The highest BCUT2D eigenvalue weighted by Crippen LogP contribution is 2.49. The van der Waals surface area contributed by atoms with Gasteiger partial charge in [-0.3, -0.25) is 0 Å². The normalized spacial score (nSPS) is 15.0. The molecule has 0 spiro atoms. The monoisotopic (exact) mass is 1440 g/mol. The van der Waals surface area contributed by atoms with Gasteiger partial charge in [0.05, 0.1) is 58.2 Å². The zero-order chi connectivity index (χ0) is 79.3. The third-order valence-corrected chi connectivity index (χ3v) is 21.9. The molecule has 11 rings (SSSR count). The van der Waals surface area contributed by atoms with Crippen LogP contribution < -0.4 is 0 Å². The Morgan fingerprint density at radius 3 is 0.436 bits per heavy atom. The van der Waals surface area contributed by atoms with Gasteiger partial charge in [0.25, 0.3) is 0 Å². The molecule has 10 aromatic carbocycles.